The fourth-order valence-corrected chi connectivity index (χ4v) is 4.70. The van der Waals surface area contributed by atoms with Crippen LogP contribution < -0.4 is 15.5 Å². The number of likely N-dealkylation sites (tertiary alicyclic amines) is 1. The van der Waals surface area contributed by atoms with Gasteiger partial charge in [0, 0.05) is 29.9 Å². The van der Waals surface area contributed by atoms with E-state index >= 15 is 0 Å². The highest BCUT2D eigenvalue weighted by Gasteiger charge is 2.50. The van der Waals surface area contributed by atoms with Crippen LogP contribution in [0.1, 0.15) is 37.5 Å². The number of anilines is 2. The Bertz CT molecular complexity index is 858. The average Bonchev–Trinajstić information content (AvgIpc) is 3.29. The molecule has 3 amide bonds. The second-order valence-corrected chi connectivity index (χ2v) is 8.66. The highest BCUT2D eigenvalue weighted by Crippen LogP contribution is 2.36. The summed E-state index contributed by atoms with van der Waals surface area (Å²) in [6.07, 6.45) is 3.03. The summed E-state index contributed by atoms with van der Waals surface area (Å²) in [5.41, 5.74) is 0.451. The van der Waals surface area contributed by atoms with Crippen LogP contribution in [0.3, 0.4) is 0 Å². The Morgan fingerprint density at radius 3 is 2.61 bits per heavy atom. The third-order valence-electron chi connectivity index (χ3n) is 5.59. The highest BCUT2D eigenvalue weighted by atomic mass is 32.1. The Labute approximate surface area is 168 Å². The summed E-state index contributed by atoms with van der Waals surface area (Å²) >= 11 is 1.51. The first-order valence-corrected chi connectivity index (χ1v) is 10.4. The zero-order chi connectivity index (χ0) is 19.7. The smallest absolute Gasteiger partial charge is 0.323 e. The molecular weight excluding hydrogens is 374 g/mol. The van der Waals surface area contributed by atoms with Crippen molar-refractivity contribution in [1.82, 2.24) is 15.2 Å². The third kappa shape index (κ3) is 3.32. The van der Waals surface area contributed by atoms with Crippen molar-refractivity contribution in [3.8, 4) is 0 Å². The minimum Gasteiger partial charge on any atom is -0.339 e. The second-order valence-electron chi connectivity index (χ2n) is 7.60. The van der Waals surface area contributed by atoms with Crippen LogP contribution >= 0.6 is 11.3 Å². The van der Waals surface area contributed by atoms with Crippen molar-refractivity contribution in [2.75, 3.05) is 30.0 Å². The number of thiazole rings is 1. The molecule has 8 heteroatoms. The van der Waals surface area contributed by atoms with Gasteiger partial charge in [-0.2, -0.15) is 0 Å². The number of rotatable bonds is 3. The number of amides is 3. The zero-order valence-electron chi connectivity index (χ0n) is 16.1. The van der Waals surface area contributed by atoms with Crippen LogP contribution in [0.5, 0.6) is 0 Å². The molecule has 2 aliphatic heterocycles. The van der Waals surface area contributed by atoms with Crippen LogP contribution in [-0.2, 0) is 4.79 Å². The summed E-state index contributed by atoms with van der Waals surface area (Å²) in [5.74, 6) is 0.445. The maximum absolute atomic E-state index is 12.7. The lowest BCUT2D eigenvalue weighted by Crippen LogP contribution is -2.57. The van der Waals surface area contributed by atoms with Gasteiger partial charge >= 0.3 is 6.03 Å². The fraction of sp³-hybridized carbons (Fsp3) is 0.450. The molecule has 0 radical (unpaired) electrons. The lowest BCUT2D eigenvalue weighted by atomic mass is 9.86. The number of benzene rings is 1. The molecule has 1 spiro atoms. The first-order valence-electron chi connectivity index (χ1n) is 9.62. The van der Waals surface area contributed by atoms with Crippen LogP contribution in [0.15, 0.2) is 36.5 Å². The molecule has 0 aliphatic carbocycles. The van der Waals surface area contributed by atoms with Crippen molar-refractivity contribution >= 4 is 34.1 Å². The molecule has 2 fully saturated rings. The number of urea groups is 1. The summed E-state index contributed by atoms with van der Waals surface area (Å²) in [7, 11) is 0. The lowest BCUT2D eigenvalue weighted by molar-refractivity contribution is -0.124. The largest absolute Gasteiger partial charge is 0.339 e. The van der Waals surface area contributed by atoms with E-state index in [0.29, 0.717) is 43.6 Å². The lowest BCUT2D eigenvalue weighted by Gasteiger charge is -2.43. The summed E-state index contributed by atoms with van der Waals surface area (Å²) < 4.78 is 0. The van der Waals surface area contributed by atoms with E-state index in [9.17, 15) is 9.59 Å². The van der Waals surface area contributed by atoms with Gasteiger partial charge in [0.25, 0.3) is 0 Å². The summed E-state index contributed by atoms with van der Waals surface area (Å²) in [4.78, 5) is 34.7. The topological polar surface area (TPSA) is 77.6 Å². The minimum atomic E-state index is -0.579. The zero-order valence-corrected chi connectivity index (χ0v) is 17.0. The Balaban J connectivity index is 1.43. The number of aromatic nitrogens is 1. The van der Waals surface area contributed by atoms with Gasteiger partial charge in [0.15, 0.2) is 5.13 Å². The molecule has 1 aromatic carbocycles. The van der Waals surface area contributed by atoms with Crippen molar-refractivity contribution in [1.29, 1.82) is 0 Å². The first kappa shape index (κ1) is 18.7. The number of nitrogens with one attached hydrogen (secondary N) is 2. The van der Waals surface area contributed by atoms with E-state index < -0.39 is 5.54 Å². The monoisotopic (exact) mass is 399 g/mol. The van der Waals surface area contributed by atoms with Crippen molar-refractivity contribution in [2.45, 2.75) is 38.1 Å². The first-order chi connectivity index (χ1) is 13.5. The minimum absolute atomic E-state index is 0.0536. The summed E-state index contributed by atoms with van der Waals surface area (Å²) in [6, 6.07) is 9.83. The number of nitrogens with zero attached hydrogens (tertiary/aromatic N) is 3. The molecule has 148 valence electrons. The van der Waals surface area contributed by atoms with Crippen molar-refractivity contribution < 1.29 is 9.59 Å². The number of piperidine rings is 1. The molecule has 3 heterocycles. The van der Waals surface area contributed by atoms with Crippen molar-refractivity contribution in [2.24, 2.45) is 0 Å². The Kier molecular flexibility index (Phi) is 4.97. The van der Waals surface area contributed by atoms with E-state index in [4.69, 9.17) is 0 Å². The van der Waals surface area contributed by atoms with Gasteiger partial charge in [0.1, 0.15) is 5.54 Å². The van der Waals surface area contributed by atoms with Gasteiger partial charge in [-0.25, -0.2) is 9.78 Å². The number of para-hydroxylation sites is 1. The van der Waals surface area contributed by atoms with E-state index in [-0.39, 0.29) is 11.9 Å². The maximum atomic E-state index is 12.7. The van der Waals surface area contributed by atoms with Gasteiger partial charge in [-0.15, -0.1) is 11.3 Å². The van der Waals surface area contributed by atoms with E-state index in [0.717, 1.165) is 10.6 Å². The maximum Gasteiger partial charge on any atom is 0.323 e. The van der Waals surface area contributed by atoms with E-state index in [1.807, 2.05) is 36.5 Å². The summed E-state index contributed by atoms with van der Waals surface area (Å²) in [6.45, 7) is 5.78. The molecule has 0 saturated carbocycles. The number of hydrogen-bond donors (Lipinski definition) is 2. The normalized spacial score (nSPS) is 18.6. The molecule has 1 aromatic heterocycles. The Hall–Kier alpha value is -2.61. The van der Waals surface area contributed by atoms with Gasteiger partial charge in [0.2, 0.25) is 5.91 Å². The standard InChI is InChI=1S/C20H25N5O2S/c1-14(2)16-12-21-18(28-16)23-19(27)24-10-8-20(9-11-24)17(26)22-13-25(20)15-6-4-3-5-7-15/h3-7,12,14H,8-11,13H2,1-2H3,(H,22,26)(H,21,23,27). The second kappa shape index (κ2) is 7.43. The quantitative estimate of drug-likeness (QED) is 0.831. The molecule has 7 nitrogen and oxygen atoms in total. The van der Waals surface area contributed by atoms with Gasteiger partial charge in [0.05, 0.1) is 6.67 Å². The van der Waals surface area contributed by atoms with E-state index in [1.54, 1.807) is 4.90 Å². The highest BCUT2D eigenvalue weighted by molar-refractivity contribution is 7.15. The van der Waals surface area contributed by atoms with Crippen LogP contribution in [0.2, 0.25) is 0 Å². The van der Waals surface area contributed by atoms with Gasteiger partial charge in [-0.3, -0.25) is 10.1 Å². The van der Waals surface area contributed by atoms with Crippen molar-refractivity contribution in [3.63, 3.8) is 0 Å². The predicted octanol–water partition coefficient (Wildman–Crippen LogP) is 3.23. The third-order valence-corrected chi connectivity index (χ3v) is 6.80. The number of carbonyl (C=O) groups excluding carboxylic acids is 2. The average molecular weight is 400 g/mol. The molecule has 4 rings (SSSR count). The fourth-order valence-electron chi connectivity index (χ4n) is 3.89. The molecule has 2 aromatic rings. The van der Waals surface area contributed by atoms with Crippen molar-refractivity contribution in [3.05, 3.63) is 41.4 Å². The van der Waals surface area contributed by atoms with Gasteiger partial charge in [-0.05, 0) is 30.9 Å². The molecule has 0 bridgehead atoms. The van der Waals surface area contributed by atoms with Crippen LogP contribution in [0.25, 0.3) is 0 Å². The molecule has 2 N–H and O–H groups in total. The molecule has 0 atom stereocenters. The van der Waals surface area contributed by atoms with Gasteiger partial charge in [-0.1, -0.05) is 32.0 Å². The molecule has 0 unspecified atom stereocenters. The SMILES string of the molecule is CC(C)c1cnc(NC(=O)N2CCC3(CC2)C(=O)NCN3c2ccccc2)s1. The summed E-state index contributed by atoms with van der Waals surface area (Å²) in [5, 5.41) is 6.51. The molecule has 28 heavy (non-hydrogen) atoms. The molecule has 2 saturated heterocycles. The van der Waals surface area contributed by atoms with Crippen LogP contribution in [0.4, 0.5) is 15.6 Å². The van der Waals surface area contributed by atoms with E-state index in [2.05, 4.69) is 34.4 Å². The molecular formula is C20H25N5O2S. The van der Waals surface area contributed by atoms with E-state index in [1.165, 1.54) is 11.3 Å². The number of carbonyl (C=O) groups is 2. The Morgan fingerprint density at radius 1 is 1.25 bits per heavy atom. The molecule has 2 aliphatic rings. The predicted molar refractivity (Wildman–Crippen MR) is 111 cm³/mol. The Morgan fingerprint density at radius 2 is 1.96 bits per heavy atom. The number of hydrogen-bond acceptors (Lipinski definition) is 5. The van der Waals surface area contributed by atoms with Crippen LogP contribution in [-0.4, -0.2) is 47.1 Å². The van der Waals surface area contributed by atoms with Crippen LogP contribution in [0, 0.1) is 0 Å². The van der Waals surface area contributed by atoms with Gasteiger partial charge < -0.3 is 15.1 Å².